The zero-order valence-electron chi connectivity index (χ0n) is 14.4. The number of hydrogen-bond acceptors (Lipinski definition) is 4. The Kier molecular flexibility index (Phi) is 5.04. The molecule has 2 aromatic heterocycles. The normalized spacial score (nSPS) is 12.3. The Balaban J connectivity index is 1.95. The molecule has 144 valence electrons. The maximum absolute atomic E-state index is 12.8. The molecule has 0 saturated heterocycles. The number of aromatic nitrogens is 2. The van der Waals surface area contributed by atoms with E-state index in [9.17, 15) is 21.6 Å². The quantitative estimate of drug-likeness (QED) is 0.627. The number of sulfonamides is 1. The van der Waals surface area contributed by atoms with E-state index in [0.717, 1.165) is 23.0 Å². The minimum absolute atomic E-state index is 0.0185. The zero-order chi connectivity index (χ0) is 19.8. The third-order valence-electron chi connectivity index (χ3n) is 3.94. The molecule has 27 heavy (non-hydrogen) atoms. The van der Waals surface area contributed by atoms with Crippen molar-refractivity contribution in [3.05, 3.63) is 52.5 Å². The highest BCUT2D eigenvalue weighted by Crippen LogP contribution is 2.36. The molecule has 0 atom stereocenters. The highest BCUT2D eigenvalue weighted by atomic mass is 32.2. The molecule has 2 heterocycles. The summed E-state index contributed by atoms with van der Waals surface area (Å²) in [5.41, 5.74) is 0.386. The molecule has 2 N–H and O–H groups in total. The van der Waals surface area contributed by atoms with Crippen LogP contribution in [0.3, 0.4) is 0 Å². The van der Waals surface area contributed by atoms with E-state index in [4.69, 9.17) is 0 Å². The van der Waals surface area contributed by atoms with E-state index in [-0.39, 0.29) is 10.6 Å². The van der Waals surface area contributed by atoms with Gasteiger partial charge in [-0.25, -0.2) is 8.42 Å². The van der Waals surface area contributed by atoms with Gasteiger partial charge in [0.25, 0.3) is 10.0 Å². The van der Waals surface area contributed by atoms with Crippen molar-refractivity contribution in [3.63, 3.8) is 0 Å². The Morgan fingerprint density at radius 3 is 2.56 bits per heavy atom. The lowest BCUT2D eigenvalue weighted by Crippen LogP contribution is -2.14. The summed E-state index contributed by atoms with van der Waals surface area (Å²) < 4.78 is 66.3. The molecule has 0 fully saturated rings. The lowest BCUT2D eigenvalue weighted by atomic mass is 10.1. The van der Waals surface area contributed by atoms with E-state index in [1.54, 1.807) is 19.1 Å². The van der Waals surface area contributed by atoms with E-state index in [2.05, 4.69) is 9.82 Å². The predicted molar refractivity (Wildman–Crippen MR) is 98.3 cm³/mol. The van der Waals surface area contributed by atoms with Crippen molar-refractivity contribution in [2.24, 2.45) is 0 Å². The van der Waals surface area contributed by atoms with Crippen molar-refractivity contribution in [3.8, 4) is 10.6 Å². The van der Waals surface area contributed by atoms with Gasteiger partial charge in [0.1, 0.15) is 16.3 Å². The average molecular weight is 415 g/mol. The van der Waals surface area contributed by atoms with Crippen LogP contribution in [-0.2, 0) is 22.6 Å². The summed E-state index contributed by atoms with van der Waals surface area (Å²) in [6.45, 7) is 3.52. The lowest BCUT2D eigenvalue weighted by Gasteiger charge is -2.11. The number of benzene rings is 1. The van der Waals surface area contributed by atoms with Gasteiger partial charge in [-0.2, -0.15) is 18.3 Å². The number of thiophene rings is 1. The molecule has 0 bridgehead atoms. The van der Waals surface area contributed by atoms with Crippen molar-refractivity contribution in [2.45, 2.75) is 31.3 Å². The molecule has 3 aromatic rings. The number of para-hydroxylation sites is 1. The van der Waals surface area contributed by atoms with Gasteiger partial charge in [0.15, 0.2) is 0 Å². The minimum Gasteiger partial charge on any atom is -0.279 e. The average Bonchev–Trinajstić information content (AvgIpc) is 3.21. The molecule has 3 rings (SSSR count). The molecule has 0 unspecified atom stereocenters. The summed E-state index contributed by atoms with van der Waals surface area (Å²) >= 11 is 1.07. The van der Waals surface area contributed by atoms with E-state index in [0.29, 0.717) is 21.9 Å². The van der Waals surface area contributed by atoms with Gasteiger partial charge in [0.05, 0.1) is 10.6 Å². The van der Waals surface area contributed by atoms with Crippen molar-refractivity contribution in [1.29, 1.82) is 0 Å². The van der Waals surface area contributed by atoms with Crippen LogP contribution in [-0.4, -0.2) is 18.6 Å². The highest BCUT2D eigenvalue weighted by Gasteiger charge is 2.33. The van der Waals surface area contributed by atoms with E-state index < -0.39 is 21.9 Å². The van der Waals surface area contributed by atoms with E-state index in [1.165, 1.54) is 6.07 Å². The molecular formula is C17H16F3N3O2S2. The monoisotopic (exact) mass is 415 g/mol. The second-order valence-electron chi connectivity index (χ2n) is 5.81. The summed E-state index contributed by atoms with van der Waals surface area (Å²) in [5.74, 6) is 0. The van der Waals surface area contributed by atoms with Crippen molar-refractivity contribution in [2.75, 3.05) is 4.72 Å². The highest BCUT2D eigenvalue weighted by molar-refractivity contribution is 7.93. The SMILES string of the molecule is CCc1ccccc1NS(=O)(=O)c1cc(-c2cc(C(F)(F)F)[nH]n2)sc1C. The third-order valence-corrected chi connectivity index (χ3v) is 6.63. The lowest BCUT2D eigenvalue weighted by molar-refractivity contribution is -0.141. The number of aromatic amines is 1. The number of anilines is 1. The van der Waals surface area contributed by atoms with Crippen LogP contribution in [0.15, 0.2) is 41.3 Å². The summed E-state index contributed by atoms with van der Waals surface area (Å²) in [7, 11) is -3.89. The smallest absolute Gasteiger partial charge is 0.279 e. The number of alkyl halides is 3. The number of H-pyrrole nitrogens is 1. The first-order valence-electron chi connectivity index (χ1n) is 7.96. The van der Waals surface area contributed by atoms with Crippen molar-refractivity contribution < 1.29 is 21.6 Å². The van der Waals surface area contributed by atoms with E-state index >= 15 is 0 Å². The molecule has 0 saturated carbocycles. The molecular weight excluding hydrogens is 399 g/mol. The number of nitrogens with one attached hydrogen (secondary N) is 2. The van der Waals surface area contributed by atoms with Crippen molar-refractivity contribution >= 4 is 27.0 Å². The summed E-state index contributed by atoms with van der Waals surface area (Å²) in [6.07, 6.45) is -3.89. The first-order valence-corrected chi connectivity index (χ1v) is 10.3. The second-order valence-corrected chi connectivity index (χ2v) is 8.72. The van der Waals surface area contributed by atoms with E-state index in [1.807, 2.05) is 24.2 Å². The number of halogens is 3. The standard InChI is InChI=1S/C17H16F3N3O2S2/c1-3-11-6-4-5-7-12(11)23-27(24,25)15-9-14(26-10(15)2)13-8-16(22-21-13)17(18,19)20/h4-9,23H,3H2,1-2H3,(H,21,22). The Hall–Kier alpha value is -2.33. The molecule has 10 heteroatoms. The van der Waals surface area contributed by atoms with Gasteiger partial charge in [-0.05, 0) is 37.1 Å². The largest absolute Gasteiger partial charge is 0.432 e. The Morgan fingerprint density at radius 2 is 1.93 bits per heavy atom. The van der Waals surface area contributed by atoms with Gasteiger partial charge < -0.3 is 0 Å². The summed E-state index contributed by atoms with van der Waals surface area (Å²) in [4.78, 5) is 0.816. The van der Waals surface area contributed by atoms with Crippen LogP contribution in [0.5, 0.6) is 0 Å². The molecule has 0 radical (unpaired) electrons. The van der Waals surface area contributed by atoms with Gasteiger partial charge in [0.2, 0.25) is 0 Å². The van der Waals surface area contributed by atoms with Crippen molar-refractivity contribution in [1.82, 2.24) is 10.2 Å². The van der Waals surface area contributed by atoms with Gasteiger partial charge >= 0.3 is 6.18 Å². The zero-order valence-corrected chi connectivity index (χ0v) is 16.0. The fraction of sp³-hybridized carbons (Fsp3) is 0.235. The van der Waals surface area contributed by atoms with Crippen LogP contribution >= 0.6 is 11.3 Å². The van der Waals surface area contributed by atoms with Crippen LogP contribution < -0.4 is 4.72 Å². The summed E-state index contributed by atoms with van der Waals surface area (Å²) in [6, 6.07) is 9.24. The topological polar surface area (TPSA) is 74.8 Å². The second kappa shape index (κ2) is 7.01. The van der Waals surface area contributed by atoms with Crippen LogP contribution in [0.2, 0.25) is 0 Å². The predicted octanol–water partition coefficient (Wildman–Crippen LogP) is 4.83. The maximum atomic E-state index is 12.8. The first kappa shape index (κ1) is 19.4. The third kappa shape index (κ3) is 4.01. The number of rotatable bonds is 5. The Morgan fingerprint density at radius 1 is 1.22 bits per heavy atom. The molecule has 5 nitrogen and oxygen atoms in total. The molecule has 0 spiro atoms. The Labute approximate surface area is 158 Å². The van der Waals surface area contributed by atoms with Crippen LogP contribution in [0.25, 0.3) is 10.6 Å². The molecule has 0 aliphatic rings. The first-order chi connectivity index (χ1) is 12.6. The van der Waals surface area contributed by atoms with Gasteiger partial charge in [-0.3, -0.25) is 9.82 Å². The number of aryl methyl sites for hydroxylation is 2. The minimum atomic E-state index is -4.54. The van der Waals surface area contributed by atoms with Gasteiger partial charge in [-0.1, -0.05) is 25.1 Å². The maximum Gasteiger partial charge on any atom is 0.432 e. The van der Waals surface area contributed by atoms with Gasteiger partial charge in [-0.15, -0.1) is 11.3 Å². The summed E-state index contributed by atoms with van der Waals surface area (Å²) in [5, 5.41) is 5.58. The molecule has 1 aromatic carbocycles. The van der Waals surface area contributed by atoms with Crippen LogP contribution in [0.1, 0.15) is 23.1 Å². The molecule has 0 aliphatic carbocycles. The Bertz CT molecular complexity index is 1070. The molecule has 0 amide bonds. The fourth-order valence-corrected chi connectivity index (χ4v) is 5.23. The van der Waals surface area contributed by atoms with Crippen LogP contribution in [0, 0.1) is 6.92 Å². The fourth-order valence-electron chi connectivity index (χ4n) is 2.58. The molecule has 0 aliphatic heterocycles. The number of nitrogens with zero attached hydrogens (tertiary/aromatic N) is 1. The number of hydrogen-bond donors (Lipinski definition) is 2. The van der Waals surface area contributed by atoms with Crippen LogP contribution in [0.4, 0.5) is 18.9 Å². The van der Waals surface area contributed by atoms with Gasteiger partial charge in [0, 0.05) is 4.88 Å².